The van der Waals surface area contributed by atoms with E-state index in [0.717, 1.165) is 21.3 Å². The molecule has 0 saturated carbocycles. The van der Waals surface area contributed by atoms with E-state index in [1.54, 1.807) is 26.0 Å². The van der Waals surface area contributed by atoms with Crippen LogP contribution in [0.15, 0.2) is 53.0 Å². The summed E-state index contributed by atoms with van der Waals surface area (Å²) in [5, 5.41) is 2.62. The van der Waals surface area contributed by atoms with E-state index < -0.39 is 6.04 Å². The predicted octanol–water partition coefficient (Wildman–Crippen LogP) is 3.16. The molecule has 0 unspecified atom stereocenters. The van der Waals surface area contributed by atoms with Gasteiger partial charge in [0.05, 0.1) is 13.5 Å². The second-order valence-corrected chi connectivity index (χ2v) is 6.88. The Bertz CT molecular complexity index is 762. The molecular formula is C20H23BrN2O3. The zero-order chi connectivity index (χ0) is 19.1. The maximum Gasteiger partial charge on any atom is 0.242 e. The van der Waals surface area contributed by atoms with Gasteiger partial charge in [-0.15, -0.1) is 0 Å². The third kappa shape index (κ3) is 5.33. The van der Waals surface area contributed by atoms with Crippen LogP contribution in [-0.2, 0) is 22.6 Å². The number of hydrogen-bond donors (Lipinski definition) is 1. The lowest BCUT2D eigenvalue weighted by Gasteiger charge is -2.28. The number of nitrogens with one attached hydrogen (secondary N) is 1. The van der Waals surface area contributed by atoms with Crippen molar-refractivity contribution in [1.29, 1.82) is 0 Å². The van der Waals surface area contributed by atoms with E-state index in [4.69, 9.17) is 4.74 Å². The van der Waals surface area contributed by atoms with Crippen molar-refractivity contribution in [3.8, 4) is 5.75 Å². The Kier molecular flexibility index (Phi) is 7.21. The molecule has 1 atom stereocenters. The van der Waals surface area contributed by atoms with Crippen molar-refractivity contribution in [3.63, 3.8) is 0 Å². The van der Waals surface area contributed by atoms with Crippen LogP contribution in [0.1, 0.15) is 18.1 Å². The first-order valence-electron chi connectivity index (χ1n) is 8.33. The highest BCUT2D eigenvalue weighted by atomic mass is 79.9. The van der Waals surface area contributed by atoms with Crippen LogP contribution in [-0.4, -0.2) is 36.9 Å². The molecule has 0 aliphatic rings. The monoisotopic (exact) mass is 418 g/mol. The average molecular weight is 419 g/mol. The number of ether oxygens (including phenoxy) is 1. The molecule has 0 bridgehead atoms. The minimum absolute atomic E-state index is 0.105. The topological polar surface area (TPSA) is 58.6 Å². The van der Waals surface area contributed by atoms with Crippen LogP contribution in [0.25, 0.3) is 0 Å². The molecule has 0 radical (unpaired) electrons. The van der Waals surface area contributed by atoms with E-state index in [0.29, 0.717) is 6.54 Å². The standard InChI is InChI=1S/C20H23BrN2O3/c1-14(20(25)22-2)23(13-16-5-4-6-17(21)11-16)19(24)12-15-7-9-18(26-3)10-8-15/h4-11,14H,12-13H2,1-3H3,(H,22,25)/t14-/m1/s1. The van der Waals surface area contributed by atoms with Crippen LogP contribution >= 0.6 is 15.9 Å². The van der Waals surface area contributed by atoms with Crippen LogP contribution in [0.5, 0.6) is 5.75 Å². The average Bonchev–Trinajstić information content (AvgIpc) is 2.65. The Morgan fingerprint density at radius 2 is 1.85 bits per heavy atom. The summed E-state index contributed by atoms with van der Waals surface area (Å²) < 4.78 is 6.08. The number of nitrogens with zero attached hydrogens (tertiary/aromatic N) is 1. The molecule has 6 heteroatoms. The molecule has 2 aromatic rings. The Hall–Kier alpha value is -2.34. The highest BCUT2D eigenvalue weighted by Gasteiger charge is 2.25. The van der Waals surface area contributed by atoms with Crippen LogP contribution in [0.3, 0.4) is 0 Å². The number of methoxy groups -OCH3 is 1. The first kappa shape index (κ1) is 20.0. The Balaban J connectivity index is 2.20. The maximum absolute atomic E-state index is 12.9. The molecule has 0 fully saturated rings. The van der Waals surface area contributed by atoms with Gasteiger partial charge < -0.3 is 15.0 Å². The summed E-state index contributed by atoms with van der Waals surface area (Å²) in [6.07, 6.45) is 0.222. The summed E-state index contributed by atoms with van der Waals surface area (Å²) >= 11 is 3.44. The summed E-state index contributed by atoms with van der Waals surface area (Å²) in [7, 11) is 3.18. The van der Waals surface area contributed by atoms with Gasteiger partial charge in [-0.2, -0.15) is 0 Å². The smallest absolute Gasteiger partial charge is 0.242 e. The van der Waals surface area contributed by atoms with Crippen LogP contribution < -0.4 is 10.1 Å². The number of benzene rings is 2. The number of likely N-dealkylation sites (N-methyl/N-ethyl adjacent to an activating group) is 1. The van der Waals surface area contributed by atoms with E-state index in [-0.39, 0.29) is 18.2 Å². The Labute approximate surface area is 162 Å². The van der Waals surface area contributed by atoms with Crippen molar-refractivity contribution in [3.05, 3.63) is 64.1 Å². The molecule has 0 spiro atoms. The van der Waals surface area contributed by atoms with Gasteiger partial charge in [-0.25, -0.2) is 0 Å². The molecule has 0 aliphatic heterocycles. The van der Waals surface area contributed by atoms with Gasteiger partial charge in [0.2, 0.25) is 11.8 Å². The second-order valence-electron chi connectivity index (χ2n) is 5.97. The highest BCUT2D eigenvalue weighted by molar-refractivity contribution is 9.10. The lowest BCUT2D eigenvalue weighted by Crippen LogP contribution is -2.47. The van der Waals surface area contributed by atoms with Crippen molar-refractivity contribution in [1.82, 2.24) is 10.2 Å². The van der Waals surface area contributed by atoms with Gasteiger partial charge in [0.25, 0.3) is 0 Å². The molecule has 2 aromatic carbocycles. The number of hydrogen-bond acceptors (Lipinski definition) is 3. The normalized spacial score (nSPS) is 11.5. The summed E-state index contributed by atoms with van der Waals surface area (Å²) in [4.78, 5) is 26.6. The minimum atomic E-state index is -0.565. The predicted molar refractivity (Wildman–Crippen MR) is 105 cm³/mol. The third-order valence-electron chi connectivity index (χ3n) is 4.17. The fraction of sp³-hybridized carbons (Fsp3) is 0.300. The summed E-state index contributed by atoms with van der Waals surface area (Å²) in [5.74, 6) is 0.445. The van der Waals surface area contributed by atoms with E-state index in [1.807, 2.05) is 48.5 Å². The van der Waals surface area contributed by atoms with Crippen molar-refractivity contribution in [2.75, 3.05) is 14.2 Å². The molecule has 0 saturated heterocycles. The number of carbonyl (C=O) groups excluding carboxylic acids is 2. The molecule has 2 rings (SSSR count). The van der Waals surface area contributed by atoms with E-state index in [2.05, 4.69) is 21.2 Å². The molecule has 1 N–H and O–H groups in total. The first-order valence-corrected chi connectivity index (χ1v) is 9.12. The zero-order valence-electron chi connectivity index (χ0n) is 15.2. The van der Waals surface area contributed by atoms with Crippen molar-refractivity contribution >= 4 is 27.7 Å². The fourth-order valence-corrected chi connectivity index (χ4v) is 3.09. The number of halogens is 1. The largest absolute Gasteiger partial charge is 0.497 e. The SMILES string of the molecule is CNC(=O)[C@@H](C)N(Cc1cccc(Br)c1)C(=O)Cc1ccc(OC)cc1. The first-order chi connectivity index (χ1) is 12.4. The lowest BCUT2D eigenvalue weighted by atomic mass is 10.1. The van der Waals surface area contributed by atoms with Crippen LogP contribution in [0.4, 0.5) is 0 Å². The zero-order valence-corrected chi connectivity index (χ0v) is 16.7. The summed E-state index contributed by atoms with van der Waals surface area (Å²) in [6, 6.07) is 14.5. The van der Waals surface area contributed by atoms with Gasteiger partial charge in [-0.3, -0.25) is 9.59 Å². The van der Waals surface area contributed by atoms with Crippen LogP contribution in [0.2, 0.25) is 0 Å². The van der Waals surface area contributed by atoms with E-state index in [9.17, 15) is 9.59 Å². The lowest BCUT2D eigenvalue weighted by molar-refractivity contribution is -0.139. The quantitative estimate of drug-likeness (QED) is 0.750. The summed E-state index contributed by atoms with van der Waals surface area (Å²) in [5.41, 5.74) is 1.83. The number of rotatable bonds is 7. The molecule has 26 heavy (non-hydrogen) atoms. The Morgan fingerprint density at radius 1 is 1.15 bits per heavy atom. The van der Waals surface area contributed by atoms with Gasteiger partial charge in [0.15, 0.2) is 0 Å². The number of carbonyl (C=O) groups is 2. The second kappa shape index (κ2) is 9.38. The maximum atomic E-state index is 12.9. The van der Waals surface area contributed by atoms with Crippen molar-refractivity contribution in [2.24, 2.45) is 0 Å². The molecule has 0 aromatic heterocycles. The molecule has 138 valence electrons. The van der Waals surface area contributed by atoms with Gasteiger partial charge in [-0.05, 0) is 42.3 Å². The van der Waals surface area contributed by atoms with Crippen molar-refractivity contribution < 1.29 is 14.3 Å². The van der Waals surface area contributed by atoms with Gasteiger partial charge >= 0.3 is 0 Å². The molecule has 0 heterocycles. The third-order valence-corrected chi connectivity index (χ3v) is 4.66. The minimum Gasteiger partial charge on any atom is -0.497 e. The molecular weight excluding hydrogens is 396 g/mol. The highest BCUT2D eigenvalue weighted by Crippen LogP contribution is 2.17. The molecule has 5 nitrogen and oxygen atoms in total. The summed E-state index contributed by atoms with van der Waals surface area (Å²) in [6.45, 7) is 2.10. The van der Waals surface area contributed by atoms with Crippen LogP contribution in [0, 0.1) is 0 Å². The fourth-order valence-electron chi connectivity index (χ4n) is 2.64. The molecule has 2 amide bonds. The van der Waals surface area contributed by atoms with Gasteiger partial charge in [-0.1, -0.05) is 40.2 Å². The van der Waals surface area contributed by atoms with Gasteiger partial charge in [0.1, 0.15) is 11.8 Å². The number of amides is 2. The van der Waals surface area contributed by atoms with Crippen molar-refractivity contribution in [2.45, 2.75) is 25.9 Å². The molecule has 0 aliphatic carbocycles. The van der Waals surface area contributed by atoms with E-state index in [1.165, 1.54) is 0 Å². The Morgan fingerprint density at radius 3 is 2.42 bits per heavy atom. The van der Waals surface area contributed by atoms with E-state index >= 15 is 0 Å². The van der Waals surface area contributed by atoms with Gasteiger partial charge in [0, 0.05) is 18.1 Å².